The van der Waals surface area contributed by atoms with Crippen LogP contribution in [0, 0.1) is 22.7 Å². The van der Waals surface area contributed by atoms with Crippen molar-refractivity contribution >= 4 is 21.8 Å². The number of oxazole rings is 1. The zero-order valence-electron chi connectivity index (χ0n) is 18.4. The van der Waals surface area contributed by atoms with Crippen molar-refractivity contribution in [1.29, 1.82) is 0 Å². The van der Waals surface area contributed by atoms with Crippen LogP contribution in [0.1, 0.15) is 69.8 Å². The summed E-state index contributed by atoms with van der Waals surface area (Å²) in [5, 5.41) is 0. The van der Waals surface area contributed by atoms with E-state index in [-0.39, 0.29) is 41.0 Å². The van der Waals surface area contributed by atoms with Gasteiger partial charge in [-0.15, -0.1) is 0 Å². The van der Waals surface area contributed by atoms with Crippen molar-refractivity contribution in [1.82, 2.24) is 9.29 Å². The van der Waals surface area contributed by atoms with Gasteiger partial charge in [0.2, 0.25) is 15.9 Å². The molecule has 0 amide bonds. The van der Waals surface area contributed by atoms with Gasteiger partial charge < -0.3 is 9.15 Å². The third-order valence-corrected chi connectivity index (χ3v) is 9.13. The number of hydrogen-bond donors (Lipinski definition) is 0. The van der Waals surface area contributed by atoms with Crippen LogP contribution in [0.5, 0.6) is 0 Å². The average molecular weight is 441 g/mol. The molecule has 0 N–H and O–H groups in total. The lowest BCUT2D eigenvalue weighted by atomic mass is 9.70. The molecule has 0 radical (unpaired) electrons. The highest BCUT2D eigenvalue weighted by molar-refractivity contribution is 7.89. The van der Waals surface area contributed by atoms with E-state index in [9.17, 15) is 18.0 Å². The Kier molecular flexibility index (Phi) is 6.17. The predicted octanol–water partition coefficient (Wildman–Crippen LogP) is 3.03. The zero-order valence-corrected chi connectivity index (χ0v) is 19.3. The van der Waals surface area contributed by atoms with Gasteiger partial charge >= 0.3 is 5.97 Å². The summed E-state index contributed by atoms with van der Waals surface area (Å²) in [6.45, 7) is 8.31. The number of ether oxygens (including phenoxy) is 1. The highest BCUT2D eigenvalue weighted by atomic mass is 32.2. The van der Waals surface area contributed by atoms with Gasteiger partial charge in [0.15, 0.2) is 5.69 Å². The molecule has 1 aromatic heterocycles. The Labute approximate surface area is 178 Å². The van der Waals surface area contributed by atoms with Gasteiger partial charge in [-0.25, -0.2) is 18.2 Å². The molecule has 2 aliphatic carbocycles. The number of esters is 1. The maximum atomic E-state index is 13.5. The Morgan fingerprint density at radius 3 is 2.63 bits per heavy atom. The Hall–Kier alpha value is -1.74. The maximum absolute atomic E-state index is 13.5. The minimum Gasteiger partial charge on any atom is -0.464 e. The summed E-state index contributed by atoms with van der Waals surface area (Å²) < 4.78 is 38.4. The molecule has 168 valence electrons. The topological polar surface area (TPSA) is 107 Å². The lowest BCUT2D eigenvalue weighted by Gasteiger charge is -2.37. The second-order valence-electron chi connectivity index (χ2n) is 9.56. The molecule has 30 heavy (non-hydrogen) atoms. The number of sulfonamides is 1. The largest absolute Gasteiger partial charge is 0.464 e. The number of nitrogens with zero attached hydrogens (tertiary/aromatic N) is 2. The van der Waals surface area contributed by atoms with Crippen molar-refractivity contribution < 1.29 is 27.2 Å². The van der Waals surface area contributed by atoms with Crippen molar-refractivity contribution in [2.45, 2.75) is 59.9 Å². The van der Waals surface area contributed by atoms with E-state index < -0.39 is 21.4 Å². The van der Waals surface area contributed by atoms with Gasteiger partial charge in [0.1, 0.15) is 12.0 Å². The van der Waals surface area contributed by atoms with Crippen molar-refractivity contribution in [3.63, 3.8) is 0 Å². The molecule has 0 saturated heterocycles. The number of rotatable bonds is 9. The monoisotopic (exact) mass is 440 g/mol. The molecule has 2 fully saturated rings. The van der Waals surface area contributed by atoms with Gasteiger partial charge in [-0.2, -0.15) is 4.31 Å². The van der Waals surface area contributed by atoms with E-state index in [2.05, 4.69) is 9.72 Å². The molecule has 2 unspecified atom stereocenters. The quantitative estimate of drug-likeness (QED) is 0.543. The predicted molar refractivity (Wildman–Crippen MR) is 110 cm³/mol. The summed E-state index contributed by atoms with van der Waals surface area (Å²) in [6, 6.07) is 0. The van der Waals surface area contributed by atoms with Gasteiger partial charge in [0, 0.05) is 18.4 Å². The normalized spacial score (nSPS) is 25.4. The summed E-state index contributed by atoms with van der Waals surface area (Å²) >= 11 is 0. The number of fused-ring (bicyclic) bond motifs is 2. The molecule has 2 aliphatic rings. The third kappa shape index (κ3) is 3.93. The van der Waals surface area contributed by atoms with Crippen LogP contribution in [-0.2, 0) is 26.1 Å². The summed E-state index contributed by atoms with van der Waals surface area (Å²) in [7, 11) is -2.53. The van der Waals surface area contributed by atoms with E-state index in [1.54, 1.807) is 0 Å². The number of methoxy groups -OCH3 is 1. The number of carbonyl (C=O) groups excluding carboxylic acids is 2. The van der Waals surface area contributed by atoms with E-state index in [1.807, 2.05) is 27.7 Å². The van der Waals surface area contributed by atoms with Gasteiger partial charge in [0.05, 0.1) is 19.4 Å². The van der Waals surface area contributed by atoms with Crippen LogP contribution in [0.2, 0.25) is 0 Å². The average Bonchev–Trinajstić information content (AvgIpc) is 3.27. The van der Waals surface area contributed by atoms with Crippen LogP contribution in [0.15, 0.2) is 10.7 Å². The summed E-state index contributed by atoms with van der Waals surface area (Å²) in [5.74, 6) is -0.0851. The van der Waals surface area contributed by atoms with E-state index >= 15 is 0 Å². The molecule has 2 saturated carbocycles. The summed E-state index contributed by atoms with van der Waals surface area (Å²) in [4.78, 5) is 28.5. The second kappa shape index (κ2) is 8.07. The Bertz CT molecular complexity index is 920. The molecule has 8 nitrogen and oxygen atoms in total. The first kappa shape index (κ1) is 22.9. The number of carbonyl (C=O) groups is 2. The molecular formula is C21H32N2O6S. The molecule has 1 heterocycles. The second-order valence-corrected chi connectivity index (χ2v) is 11.5. The molecular weight excluding hydrogens is 408 g/mol. The fourth-order valence-electron chi connectivity index (χ4n) is 4.96. The molecule has 9 heteroatoms. The van der Waals surface area contributed by atoms with Crippen LogP contribution in [0.4, 0.5) is 0 Å². The minimum atomic E-state index is -3.77. The van der Waals surface area contributed by atoms with Crippen molar-refractivity contribution in [3.8, 4) is 0 Å². The first-order chi connectivity index (χ1) is 13.9. The fraction of sp³-hybridized carbons (Fsp3) is 0.762. The molecule has 0 aromatic carbocycles. The lowest BCUT2D eigenvalue weighted by molar-refractivity contribution is -0.128. The van der Waals surface area contributed by atoms with Crippen molar-refractivity contribution in [2.24, 2.45) is 22.7 Å². The maximum Gasteiger partial charge on any atom is 0.360 e. The van der Waals surface area contributed by atoms with Crippen LogP contribution >= 0.6 is 0 Å². The highest BCUT2D eigenvalue weighted by Crippen LogP contribution is 2.64. The molecule has 1 aromatic rings. The minimum absolute atomic E-state index is 0.00181. The first-order valence-electron chi connectivity index (χ1n) is 10.5. The number of ketones is 1. The van der Waals surface area contributed by atoms with Gasteiger partial charge in [0.25, 0.3) is 0 Å². The molecule has 3 rings (SSSR count). The smallest absolute Gasteiger partial charge is 0.360 e. The third-order valence-electron chi connectivity index (χ3n) is 7.18. The Morgan fingerprint density at radius 2 is 2.10 bits per heavy atom. The zero-order chi connectivity index (χ0) is 22.3. The van der Waals surface area contributed by atoms with Crippen LogP contribution in [0.3, 0.4) is 0 Å². The highest BCUT2D eigenvalue weighted by Gasteiger charge is 2.65. The van der Waals surface area contributed by atoms with Gasteiger partial charge in [-0.3, -0.25) is 4.79 Å². The standard InChI is InChI=1S/C21H32N2O6S/c1-14(2)7-9-23(11-18-22-16(12-29-18)19(25)28-5)30(26,27)13-21-8-6-15(10-17(21)24)20(21,3)4/h12,14-15H,6-11,13H2,1-5H3. The molecule has 2 atom stereocenters. The van der Waals surface area contributed by atoms with Gasteiger partial charge in [-0.05, 0) is 36.5 Å². The number of aromatic nitrogens is 1. The van der Waals surface area contributed by atoms with Crippen LogP contribution in [-0.4, -0.2) is 48.9 Å². The summed E-state index contributed by atoms with van der Waals surface area (Å²) in [5.41, 5.74) is -1.17. The van der Waals surface area contributed by atoms with E-state index in [0.29, 0.717) is 31.7 Å². The van der Waals surface area contributed by atoms with E-state index in [0.717, 1.165) is 12.7 Å². The van der Waals surface area contributed by atoms with Crippen molar-refractivity contribution in [3.05, 3.63) is 17.8 Å². The number of Topliss-reactive ketones (excluding diaryl/α,β-unsaturated/α-hetero) is 1. The SMILES string of the molecule is COC(=O)c1coc(CN(CCC(C)C)S(=O)(=O)CC23CCC(CC2=O)C3(C)C)n1. The van der Waals surface area contributed by atoms with Crippen LogP contribution < -0.4 is 0 Å². The molecule has 2 bridgehead atoms. The molecule has 0 spiro atoms. The van der Waals surface area contributed by atoms with E-state index in [4.69, 9.17) is 4.42 Å². The Balaban J connectivity index is 1.86. The van der Waals surface area contributed by atoms with Crippen LogP contribution in [0.25, 0.3) is 0 Å². The van der Waals surface area contributed by atoms with Gasteiger partial charge in [-0.1, -0.05) is 27.7 Å². The first-order valence-corrected chi connectivity index (χ1v) is 12.1. The summed E-state index contributed by atoms with van der Waals surface area (Å²) in [6.07, 6.45) is 3.81. The molecule has 0 aliphatic heterocycles. The fourth-order valence-corrected chi connectivity index (χ4v) is 7.14. The Morgan fingerprint density at radius 1 is 1.40 bits per heavy atom. The van der Waals surface area contributed by atoms with Crippen molar-refractivity contribution in [2.75, 3.05) is 19.4 Å². The number of hydrogen-bond acceptors (Lipinski definition) is 7. The van der Waals surface area contributed by atoms with E-state index in [1.165, 1.54) is 11.4 Å². The lowest BCUT2D eigenvalue weighted by Crippen LogP contribution is -2.46.